The summed E-state index contributed by atoms with van der Waals surface area (Å²) in [5, 5.41) is 0. The topological polar surface area (TPSA) is 79.0 Å². The minimum Gasteiger partial charge on any atom is -0.379 e. The number of carbonyl (C=O) groups excluding carboxylic acids is 1. The van der Waals surface area contributed by atoms with Crippen molar-refractivity contribution in [1.29, 1.82) is 0 Å². The highest BCUT2D eigenvalue weighted by Gasteiger charge is 2.24. The van der Waals surface area contributed by atoms with Crippen molar-refractivity contribution >= 4 is 21.6 Å². The molecule has 160 valence electrons. The maximum atomic E-state index is 12.8. The van der Waals surface area contributed by atoms with Crippen LogP contribution in [-0.2, 0) is 39.1 Å². The summed E-state index contributed by atoms with van der Waals surface area (Å²) >= 11 is 0. The van der Waals surface area contributed by atoms with Gasteiger partial charge in [0, 0.05) is 45.3 Å². The second kappa shape index (κ2) is 8.85. The summed E-state index contributed by atoms with van der Waals surface area (Å²) in [6.07, 6.45) is 0.669. The van der Waals surface area contributed by atoms with Gasteiger partial charge in [0.25, 0.3) is 0 Å². The number of anilines is 1. The molecule has 2 aromatic rings. The Morgan fingerprint density at radius 3 is 2.60 bits per heavy atom. The average molecular weight is 430 g/mol. The van der Waals surface area contributed by atoms with Gasteiger partial charge >= 0.3 is 0 Å². The second-order valence-electron chi connectivity index (χ2n) is 7.74. The maximum absolute atomic E-state index is 12.8. The lowest BCUT2D eigenvalue weighted by Gasteiger charge is -2.26. The number of nitrogens with zero attached hydrogens (tertiary/aromatic N) is 2. The molecule has 0 bridgehead atoms. The Bertz CT molecular complexity index is 1030. The molecule has 4 rings (SSSR count). The third kappa shape index (κ3) is 4.73. The Hall–Kier alpha value is -2.26. The summed E-state index contributed by atoms with van der Waals surface area (Å²) in [7, 11) is -3.64. The van der Waals surface area contributed by atoms with Gasteiger partial charge in [-0.1, -0.05) is 24.3 Å². The number of benzene rings is 2. The Morgan fingerprint density at radius 1 is 1.07 bits per heavy atom. The van der Waals surface area contributed by atoms with Gasteiger partial charge in [-0.2, -0.15) is 0 Å². The zero-order valence-electron chi connectivity index (χ0n) is 17.1. The zero-order chi connectivity index (χ0) is 21.1. The number of carbonyl (C=O) groups is 1. The van der Waals surface area contributed by atoms with E-state index in [0.29, 0.717) is 13.0 Å². The molecule has 0 aliphatic carbocycles. The van der Waals surface area contributed by atoms with Crippen molar-refractivity contribution in [1.82, 2.24) is 9.62 Å². The van der Waals surface area contributed by atoms with Crippen LogP contribution in [0.2, 0.25) is 0 Å². The number of rotatable bonds is 6. The van der Waals surface area contributed by atoms with Crippen molar-refractivity contribution in [3.05, 3.63) is 59.2 Å². The summed E-state index contributed by atoms with van der Waals surface area (Å²) < 4.78 is 33.7. The number of amides is 1. The molecule has 0 atom stereocenters. The van der Waals surface area contributed by atoms with Crippen LogP contribution in [0.1, 0.15) is 23.6 Å². The van der Waals surface area contributed by atoms with Gasteiger partial charge in [-0.15, -0.1) is 0 Å². The van der Waals surface area contributed by atoms with Crippen molar-refractivity contribution in [2.24, 2.45) is 0 Å². The standard InChI is InChI=1S/C22H27N3O4S/c1-17(26)25-8-7-20-14-21(5-6-22(20)25)30(27,28)23-15-18-3-2-4-19(13-18)16-24-9-11-29-12-10-24/h2-6,13-14,23H,7-12,15-16H2,1H3. The van der Waals surface area contributed by atoms with Gasteiger partial charge in [0.15, 0.2) is 0 Å². The van der Waals surface area contributed by atoms with Crippen LogP contribution < -0.4 is 9.62 Å². The summed E-state index contributed by atoms with van der Waals surface area (Å²) in [5.41, 5.74) is 3.78. The van der Waals surface area contributed by atoms with Crippen molar-refractivity contribution < 1.29 is 17.9 Å². The van der Waals surface area contributed by atoms with Crippen molar-refractivity contribution in [2.75, 3.05) is 37.7 Å². The lowest BCUT2D eigenvalue weighted by atomic mass is 10.1. The first kappa shape index (κ1) is 21.0. The predicted octanol–water partition coefficient (Wildman–Crippen LogP) is 1.91. The summed E-state index contributed by atoms with van der Waals surface area (Å²) in [6.45, 7) is 6.52. The van der Waals surface area contributed by atoms with E-state index in [9.17, 15) is 13.2 Å². The van der Waals surface area contributed by atoms with Gasteiger partial charge in [0.2, 0.25) is 15.9 Å². The van der Waals surface area contributed by atoms with Gasteiger partial charge in [-0.05, 0) is 41.3 Å². The van der Waals surface area contributed by atoms with Crippen LogP contribution >= 0.6 is 0 Å². The maximum Gasteiger partial charge on any atom is 0.240 e. The van der Waals surface area contributed by atoms with Gasteiger partial charge in [0.05, 0.1) is 18.1 Å². The van der Waals surface area contributed by atoms with Gasteiger partial charge < -0.3 is 9.64 Å². The van der Waals surface area contributed by atoms with E-state index in [-0.39, 0.29) is 17.3 Å². The molecule has 30 heavy (non-hydrogen) atoms. The van der Waals surface area contributed by atoms with Crippen LogP contribution in [0, 0.1) is 0 Å². The molecule has 0 spiro atoms. The molecule has 2 heterocycles. The highest BCUT2D eigenvalue weighted by Crippen LogP contribution is 2.30. The molecule has 2 aliphatic rings. The molecule has 1 N–H and O–H groups in total. The molecule has 2 aliphatic heterocycles. The van der Waals surface area contributed by atoms with E-state index in [2.05, 4.69) is 15.7 Å². The summed E-state index contributed by atoms with van der Waals surface area (Å²) in [5.74, 6) is -0.0283. The monoisotopic (exact) mass is 429 g/mol. The molecule has 2 aromatic carbocycles. The average Bonchev–Trinajstić information content (AvgIpc) is 3.17. The fraction of sp³-hybridized carbons (Fsp3) is 0.409. The molecule has 0 aromatic heterocycles. The molecule has 0 saturated carbocycles. The van der Waals surface area contributed by atoms with Crippen LogP contribution in [0.5, 0.6) is 0 Å². The Balaban J connectivity index is 1.42. The van der Waals surface area contributed by atoms with Crippen LogP contribution in [0.15, 0.2) is 47.4 Å². The van der Waals surface area contributed by atoms with E-state index in [0.717, 1.165) is 55.2 Å². The normalized spacial score (nSPS) is 17.2. The number of nitrogens with one attached hydrogen (secondary N) is 1. The fourth-order valence-electron chi connectivity index (χ4n) is 3.99. The minimum atomic E-state index is -3.64. The SMILES string of the molecule is CC(=O)N1CCc2cc(S(=O)(=O)NCc3cccc(CN4CCOCC4)c3)ccc21. The number of ether oxygens (including phenoxy) is 1. The molecule has 8 heteroatoms. The van der Waals surface area contributed by atoms with Crippen molar-refractivity contribution in [2.45, 2.75) is 31.3 Å². The predicted molar refractivity (Wildman–Crippen MR) is 115 cm³/mol. The first-order chi connectivity index (χ1) is 14.4. The summed E-state index contributed by atoms with van der Waals surface area (Å²) in [4.78, 5) is 15.9. The lowest BCUT2D eigenvalue weighted by molar-refractivity contribution is -0.116. The number of hydrogen-bond acceptors (Lipinski definition) is 5. The number of morpholine rings is 1. The molecule has 7 nitrogen and oxygen atoms in total. The third-order valence-electron chi connectivity index (χ3n) is 5.60. The van der Waals surface area contributed by atoms with Crippen molar-refractivity contribution in [3.8, 4) is 0 Å². The minimum absolute atomic E-state index is 0.0283. The molecule has 1 fully saturated rings. The number of sulfonamides is 1. The molecular formula is C22H27N3O4S. The van der Waals surface area contributed by atoms with Gasteiger partial charge in [0.1, 0.15) is 0 Å². The summed E-state index contributed by atoms with van der Waals surface area (Å²) in [6, 6.07) is 13.0. The fourth-order valence-corrected chi connectivity index (χ4v) is 5.06. The van der Waals surface area contributed by atoms with Crippen LogP contribution in [-0.4, -0.2) is 52.1 Å². The van der Waals surface area contributed by atoms with E-state index >= 15 is 0 Å². The lowest BCUT2D eigenvalue weighted by Crippen LogP contribution is -2.35. The van der Waals surface area contributed by atoms with E-state index in [1.54, 1.807) is 23.1 Å². The molecule has 1 amide bonds. The Kier molecular flexibility index (Phi) is 6.19. The highest BCUT2D eigenvalue weighted by atomic mass is 32.2. The largest absolute Gasteiger partial charge is 0.379 e. The van der Waals surface area contributed by atoms with Crippen molar-refractivity contribution in [3.63, 3.8) is 0 Å². The zero-order valence-corrected chi connectivity index (χ0v) is 18.0. The van der Waals surface area contributed by atoms with E-state index < -0.39 is 10.0 Å². The van der Waals surface area contributed by atoms with E-state index in [1.165, 1.54) is 6.92 Å². The molecule has 1 saturated heterocycles. The first-order valence-corrected chi connectivity index (χ1v) is 11.7. The van der Waals surface area contributed by atoms with Crippen LogP contribution in [0.25, 0.3) is 0 Å². The van der Waals surface area contributed by atoms with E-state index in [1.807, 2.05) is 18.2 Å². The quantitative estimate of drug-likeness (QED) is 0.759. The second-order valence-corrected chi connectivity index (χ2v) is 9.51. The first-order valence-electron chi connectivity index (χ1n) is 10.2. The third-order valence-corrected chi connectivity index (χ3v) is 7.00. The van der Waals surface area contributed by atoms with Crippen LogP contribution in [0.4, 0.5) is 5.69 Å². The Labute approximate surface area is 177 Å². The highest BCUT2D eigenvalue weighted by molar-refractivity contribution is 7.89. The van der Waals surface area contributed by atoms with Crippen LogP contribution in [0.3, 0.4) is 0 Å². The van der Waals surface area contributed by atoms with E-state index in [4.69, 9.17) is 4.74 Å². The smallest absolute Gasteiger partial charge is 0.240 e. The molecule has 0 unspecified atom stereocenters. The number of fused-ring (bicyclic) bond motifs is 1. The molecular weight excluding hydrogens is 402 g/mol. The van der Waals surface area contributed by atoms with Gasteiger partial charge in [-0.3, -0.25) is 9.69 Å². The molecule has 0 radical (unpaired) electrons. The number of hydrogen-bond donors (Lipinski definition) is 1. The van der Waals surface area contributed by atoms with Gasteiger partial charge in [-0.25, -0.2) is 13.1 Å². The Morgan fingerprint density at radius 2 is 1.83 bits per heavy atom.